The lowest BCUT2D eigenvalue weighted by Crippen LogP contribution is -2.21. The average Bonchev–Trinajstić information content (AvgIpc) is 3.11. The molecular formula is C19H18ClNO2. The number of nitrogens with one attached hydrogen (secondary N) is 1. The van der Waals surface area contributed by atoms with Gasteiger partial charge in [0.25, 0.3) is 0 Å². The maximum atomic E-state index is 12.7. The van der Waals surface area contributed by atoms with Crippen molar-refractivity contribution < 1.29 is 9.59 Å². The monoisotopic (exact) mass is 327 g/mol. The summed E-state index contributed by atoms with van der Waals surface area (Å²) in [7, 11) is 0. The van der Waals surface area contributed by atoms with Crippen LogP contribution in [0.25, 0.3) is 0 Å². The Bertz CT molecular complexity index is 721. The van der Waals surface area contributed by atoms with E-state index in [2.05, 4.69) is 5.32 Å². The van der Waals surface area contributed by atoms with Crippen LogP contribution in [0.2, 0.25) is 5.02 Å². The third-order valence-electron chi connectivity index (χ3n) is 4.25. The van der Waals surface area contributed by atoms with Crippen LogP contribution in [0.15, 0.2) is 48.5 Å². The van der Waals surface area contributed by atoms with Crippen molar-refractivity contribution in [2.45, 2.75) is 25.7 Å². The standard InChI is InChI=1S/C19H18ClNO2/c20-15-10-11-17(21-19(23)14-8-4-5-9-14)16(12-15)18(22)13-6-2-1-3-7-13/h1-3,6-7,10-12,14H,4-5,8-9H2,(H,21,23). The molecule has 0 bridgehead atoms. The number of carbonyl (C=O) groups excluding carboxylic acids is 2. The highest BCUT2D eigenvalue weighted by atomic mass is 35.5. The molecule has 1 fully saturated rings. The molecule has 4 heteroatoms. The molecule has 0 heterocycles. The van der Waals surface area contributed by atoms with Crippen molar-refractivity contribution in [1.82, 2.24) is 0 Å². The molecule has 0 aliphatic heterocycles. The first-order valence-corrected chi connectivity index (χ1v) is 8.23. The molecule has 3 rings (SSSR count). The van der Waals surface area contributed by atoms with Gasteiger partial charge in [-0.25, -0.2) is 0 Å². The average molecular weight is 328 g/mol. The van der Waals surface area contributed by atoms with Gasteiger partial charge in [-0.15, -0.1) is 0 Å². The van der Waals surface area contributed by atoms with Crippen molar-refractivity contribution in [3.8, 4) is 0 Å². The molecule has 0 radical (unpaired) electrons. The van der Waals surface area contributed by atoms with E-state index in [1.165, 1.54) is 0 Å². The van der Waals surface area contributed by atoms with Crippen molar-refractivity contribution in [2.75, 3.05) is 5.32 Å². The Balaban J connectivity index is 1.88. The summed E-state index contributed by atoms with van der Waals surface area (Å²) < 4.78 is 0. The Morgan fingerprint density at radius 1 is 1.00 bits per heavy atom. The molecule has 0 spiro atoms. The molecule has 1 aliphatic carbocycles. The smallest absolute Gasteiger partial charge is 0.227 e. The SMILES string of the molecule is O=C(c1ccccc1)c1cc(Cl)ccc1NC(=O)C1CCCC1. The Morgan fingerprint density at radius 3 is 2.39 bits per heavy atom. The zero-order valence-corrected chi connectivity index (χ0v) is 13.5. The molecule has 1 amide bonds. The van der Waals surface area contributed by atoms with Crippen LogP contribution in [0, 0.1) is 5.92 Å². The van der Waals surface area contributed by atoms with Crippen LogP contribution in [-0.4, -0.2) is 11.7 Å². The maximum Gasteiger partial charge on any atom is 0.227 e. The van der Waals surface area contributed by atoms with E-state index in [4.69, 9.17) is 11.6 Å². The van der Waals surface area contributed by atoms with Gasteiger partial charge in [0.1, 0.15) is 0 Å². The number of anilines is 1. The fourth-order valence-electron chi connectivity index (χ4n) is 2.98. The molecule has 118 valence electrons. The molecule has 2 aromatic carbocycles. The number of benzene rings is 2. The predicted molar refractivity (Wildman–Crippen MR) is 91.9 cm³/mol. The quantitative estimate of drug-likeness (QED) is 0.827. The molecule has 0 saturated heterocycles. The predicted octanol–water partition coefficient (Wildman–Crippen LogP) is 4.70. The van der Waals surface area contributed by atoms with Crippen molar-refractivity contribution in [3.63, 3.8) is 0 Å². The van der Waals surface area contributed by atoms with Gasteiger partial charge >= 0.3 is 0 Å². The second-order valence-electron chi connectivity index (χ2n) is 5.86. The number of amides is 1. The topological polar surface area (TPSA) is 46.2 Å². The van der Waals surface area contributed by atoms with E-state index < -0.39 is 0 Å². The number of carbonyl (C=O) groups is 2. The van der Waals surface area contributed by atoms with Crippen LogP contribution in [-0.2, 0) is 4.79 Å². The largest absolute Gasteiger partial charge is 0.325 e. The second kappa shape index (κ2) is 6.97. The van der Waals surface area contributed by atoms with Crippen LogP contribution in [0.3, 0.4) is 0 Å². The molecule has 0 unspecified atom stereocenters. The van der Waals surface area contributed by atoms with Crippen molar-refractivity contribution in [2.24, 2.45) is 5.92 Å². The zero-order chi connectivity index (χ0) is 16.2. The molecular weight excluding hydrogens is 310 g/mol. The Labute approximate surface area is 140 Å². The molecule has 3 nitrogen and oxygen atoms in total. The molecule has 0 aromatic heterocycles. The highest BCUT2D eigenvalue weighted by Gasteiger charge is 2.24. The Kier molecular flexibility index (Phi) is 4.77. The lowest BCUT2D eigenvalue weighted by Gasteiger charge is -2.14. The summed E-state index contributed by atoms with van der Waals surface area (Å²) in [6.45, 7) is 0. The summed E-state index contributed by atoms with van der Waals surface area (Å²) in [5.41, 5.74) is 1.53. The van der Waals surface area contributed by atoms with Crippen LogP contribution in [0.1, 0.15) is 41.6 Å². The zero-order valence-electron chi connectivity index (χ0n) is 12.7. The third-order valence-corrected chi connectivity index (χ3v) is 4.48. The van der Waals surface area contributed by atoms with Gasteiger partial charge in [-0.3, -0.25) is 9.59 Å². The maximum absolute atomic E-state index is 12.7. The highest BCUT2D eigenvalue weighted by Crippen LogP contribution is 2.28. The van der Waals surface area contributed by atoms with E-state index in [0.29, 0.717) is 21.8 Å². The van der Waals surface area contributed by atoms with E-state index in [1.807, 2.05) is 18.2 Å². The Hall–Kier alpha value is -2.13. The van der Waals surface area contributed by atoms with Crippen LogP contribution in [0.5, 0.6) is 0 Å². The number of hydrogen-bond acceptors (Lipinski definition) is 2. The molecule has 23 heavy (non-hydrogen) atoms. The summed E-state index contributed by atoms with van der Waals surface area (Å²) in [6, 6.07) is 14.0. The van der Waals surface area contributed by atoms with E-state index in [9.17, 15) is 9.59 Å². The van der Waals surface area contributed by atoms with Gasteiger partial charge in [-0.2, -0.15) is 0 Å². The van der Waals surface area contributed by atoms with Gasteiger partial charge in [-0.1, -0.05) is 54.8 Å². The van der Waals surface area contributed by atoms with E-state index >= 15 is 0 Å². The number of hydrogen-bond donors (Lipinski definition) is 1. The van der Waals surface area contributed by atoms with Crippen LogP contribution >= 0.6 is 11.6 Å². The molecule has 0 atom stereocenters. The molecule has 1 aliphatic rings. The second-order valence-corrected chi connectivity index (χ2v) is 6.29. The molecule has 1 saturated carbocycles. The minimum Gasteiger partial charge on any atom is -0.325 e. The van der Waals surface area contributed by atoms with Gasteiger partial charge in [0, 0.05) is 22.1 Å². The minimum absolute atomic E-state index is 0.00747. The molecule has 1 N–H and O–H groups in total. The molecule has 2 aromatic rings. The van der Waals surface area contributed by atoms with Crippen molar-refractivity contribution in [3.05, 3.63) is 64.7 Å². The first-order valence-electron chi connectivity index (χ1n) is 7.85. The van der Waals surface area contributed by atoms with E-state index in [1.54, 1.807) is 30.3 Å². The lowest BCUT2D eigenvalue weighted by atomic mass is 10.0. The van der Waals surface area contributed by atoms with E-state index in [0.717, 1.165) is 25.7 Å². The fraction of sp³-hybridized carbons (Fsp3) is 0.263. The van der Waals surface area contributed by atoms with Gasteiger partial charge < -0.3 is 5.32 Å². The third kappa shape index (κ3) is 3.62. The van der Waals surface area contributed by atoms with Crippen LogP contribution in [0.4, 0.5) is 5.69 Å². The number of ketones is 1. The summed E-state index contributed by atoms with van der Waals surface area (Å²) >= 11 is 6.05. The van der Waals surface area contributed by atoms with Gasteiger partial charge in [-0.05, 0) is 31.0 Å². The van der Waals surface area contributed by atoms with Crippen molar-refractivity contribution in [1.29, 1.82) is 0 Å². The minimum atomic E-state index is -0.144. The number of rotatable bonds is 4. The summed E-state index contributed by atoms with van der Waals surface area (Å²) in [5, 5.41) is 3.39. The summed E-state index contributed by atoms with van der Waals surface area (Å²) in [6.07, 6.45) is 4.02. The normalized spacial score (nSPS) is 14.7. The first-order chi connectivity index (χ1) is 11.1. The van der Waals surface area contributed by atoms with E-state index in [-0.39, 0.29) is 17.6 Å². The van der Waals surface area contributed by atoms with Gasteiger partial charge in [0.05, 0.1) is 5.69 Å². The van der Waals surface area contributed by atoms with Gasteiger partial charge in [0.2, 0.25) is 5.91 Å². The van der Waals surface area contributed by atoms with Crippen molar-refractivity contribution >= 4 is 29.0 Å². The fourth-order valence-corrected chi connectivity index (χ4v) is 3.15. The highest BCUT2D eigenvalue weighted by molar-refractivity contribution is 6.31. The summed E-state index contributed by atoms with van der Waals surface area (Å²) in [5.74, 6) is -0.105. The van der Waals surface area contributed by atoms with Crippen LogP contribution < -0.4 is 5.32 Å². The number of halogens is 1. The first kappa shape index (κ1) is 15.8. The Morgan fingerprint density at radius 2 is 1.70 bits per heavy atom. The lowest BCUT2D eigenvalue weighted by molar-refractivity contribution is -0.119. The van der Waals surface area contributed by atoms with Gasteiger partial charge in [0.15, 0.2) is 5.78 Å². The summed E-state index contributed by atoms with van der Waals surface area (Å²) in [4.78, 5) is 25.1.